The van der Waals surface area contributed by atoms with Crippen LogP contribution < -0.4 is 10.5 Å². The smallest absolute Gasteiger partial charge is 0.349 e. The Morgan fingerprint density at radius 1 is 0.897 bits per heavy atom. The maximum atomic E-state index is 13.6. The van der Waals surface area contributed by atoms with Crippen LogP contribution in [-0.4, -0.2) is 5.91 Å². The minimum Gasteiger partial charge on any atom is -0.421 e. The van der Waals surface area contributed by atoms with E-state index in [1.807, 2.05) is 54.6 Å². The van der Waals surface area contributed by atoms with Crippen molar-refractivity contribution in [3.63, 3.8) is 0 Å². The molecule has 0 radical (unpaired) electrons. The van der Waals surface area contributed by atoms with Crippen LogP contribution in [0.2, 0.25) is 0 Å². The third-order valence-electron chi connectivity index (χ3n) is 4.62. The number of carbonyl (C=O) groups excluding carboxylic acids is 1. The first-order valence-corrected chi connectivity index (χ1v) is 11.1. The fourth-order valence-corrected chi connectivity index (χ4v) is 5.75. The number of hydrogen-bond donors (Lipinski definition) is 0. The number of carbonyl (C=O) groups is 1. The molecule has 0 spiro atoms. The van der Waals surface area contributed by atoms with Crippen molar-refractivity contribution in [2.24, 2.45) is 0 Å². The summed E-state index contributed by atoms with van der Waals surface area (Å²) >= 11 is 8.44. The molecule has 5 rings (SSSR count). The van der Waals surface area contributed by atoms with Crippen LogP contribution in [0.3, 0.4) is 0 Å². The summed E-state index contributed by atoms with van der Waals surface area (Å²) in [4.78, 5) is 29.8. The number of rotatable bonds is 1. The van der Waals surface area contributed by atoms with Gasteiger partial charge in [-0.3, -0.25) is 9.69 Å². The van der Waals surface area contributed by atoms with Gasteiger partial charge < -0.3 is 4.42 Å². The fraction of sp³-hybridized carbons (Fsp3) is 0. The summed E-state index contributed by atoms with van der Waals surface area (Å²) in [5.41, 5.74) is 1.22. The van der Waals surface area contributed by atoms with Crippen molar-refractivity contribution in [2.45, 2.75) is 9.79 Å². The van der Waals surface area contributed by atoms with Gasteiger partial charge in [0.25, 0.3) is 5.91 Å². The molecule has 0 bridgehead atoms. The van der Waals surface area contributed by atoms with Crippen molar-refractivity contribution >= 4 is 71.9 Å². The van der Waals surface area contributed by atoms with Crippen LogP contribution in [0, 0.1) is 0 Å². The summed E-state index contributed by atoms with van der Waals surface area (Å²) < 4.78 is 6.95. The Kier molecular flexibility index (Phi) is 4.61. The highest BCUT2D eigenvalue weighted by molar-refractivity contribution is 9.11. The number of fused-ring (bicyclic) bond motifs is 3. The Labute approximate surface area is 186 Å². The van der Waals surface area contributed by atoms with Crippen LogP contribution >= 0.6 is 43.6 Å². The van der Waals surface area contributed by atoms with E-state index in [9.17, 15) is 9.59 Å². The number of amides is 1. The molecule has 0 unspecified atom stereocenters. The van der Waals surface area contributed by atoms with Crippen LogP contribution in [0.4, 0.5) is 11.4 Å². The molecule has 0 aliphatic carbocycles. The van der Waals surface area contributed by atoms with E-state index < -0.39 is 11.5 Å². The highest BCUT2D eigenvalue weighted by atomic mass is 79.9. The number of halogens is 2. The highest BCUT2D eigenvalue weighted by Gasteiger charge is 2.30. The molecular formula is C22H11Br2NO3S. The molecule has 0 atom stereocenters. The van der Waals surface area contributed by atoms with Gasteiger partial charge >= 0.3 is 5.63 Å². The number of anilines is 2. The molecular weight excluding hydrogens is 518 g/mol. The molecule has 0 N–H and O–H groups in total. The molecule has 3 aromatic carbocycles. The first kappa shape index (κ1) is 18.7. The molecule has 1 aliphatic heterocycles. The van der Waals surface area contributed by atoms with Crippen LogP contribution in [0.5, 0.6) is 0 Å². The largest absolute Gasteiger partial charge is 0.421 e. The lowest BCUT2D eigenvalue weighted by molar-refractivity contribution is 0.0995. The SMILES string of the molecule is O=C(c1cc2cc(Br)cc(Br)c2oc1=O)N1c2ccccc2Sc2ccccc21. The minimum atomic E-state index is -0.668. The topological polar surface area (TPSA) is 50.5 Å². The van der Waals surface area contributed by atoms with Gasteiger partial charge in [0.2, 0.25) is 0 Å². The lowest BCUT2D eigenvalue weighted by atomic mass is 10.1. The zero-order chi connectivity index (χ0) is 20.1. The molecule has 0 saturated heterocycles. The Morgan fingerprint density at radius 2 is 1.52 bits per heavy atom. The number of benzene rings is 3. The van der Waals surface area contributed by atoms with Crippen molar-refractivity contribution in [3.05, 3.63) is 91.7 Å². The van der Waals surface area contributed by atoms with Gasteiger partial charge in [0.15, 0.2) is 5.58 Å². The third-order valence-corrected chi connectivity index (χ3v) is 6.79. The Morgan fingerprint density at radius 3 is 2.17 bits per heavy atom. The second-order valence-electron chi connectivity index (χ2n) is 6.43. The van der Waals surface area contributed by atoms with E-state index in [4.69, 9.17) is 4.42 Å². The van der Waals surface area contributed by atoms with Gasteiger partial charge in [-0.05, 0) is 58.4 Å². The molecule has 0 fully saturated rings. The molecule has 0 saturated carbocycles. The molecule has 4 aromatic rings. The van der Waals surface area contributed by atoms with Gasteiger partial charge in [0.1, 0.15) is 5.56 Å². The minimum absolute atomic E-state index is 0.0148. The lowest BCUT2D eigenvalue weighted by Crippen LogP contribution is -2.32. The van der Waals surface area contributed by atoms with Crippen LogP contribution in [-0.2, 0) is 0 Å². The predicted molar refractivity (Wildman–Crippen MR) is 121 cm³/mol. The van der Waals surface area contributed by atoms with E-state index in [2.05, 4.69) is 31.9 Å². The normalized spacial score (nSPS) is 12.6. The van der Waals surface area contributed by atoms with Crippen molar-refractivity contribution in [2.75, 3.05) is 4.90 Å². The average molecular weight is 529 g/mol. The maximum absolute atomic E-state index is 13.6. The van der Waals surface area contributed by atoms with E-state index >= 15 is 0 Å². The van der Waals surface area contributed by atoms with Gasteiger partial charge in [0.05, 0.1) is 15.8 Å². The summed E-state index contributed by atoms with van der Waals surface area (Å²) in [6.07, 6.45) is 0. The van der Waals surface area contributed by atoms with Crippen LogP contribution in [0.25, 0.3) is 11.0 Å². The second kappa shape index (κ2) is 7.16. The molecule has 1 aromatic heterocycles. The first-order valence-electron chi connectivity index (χ1n) is 8.66. The second-order valence-corrected chi connectivity index (χ2v) is 9.29. The number of para-hydroxylation sites is 2. The van der Waals surface area contributed by atoms with Crippen molar-refractivity contribution in [3.8, 4) is 0 Å². The zero-order valence-corrected chi connectivity index (χ0v) is 18.7. The van der Waals surface area contributed by atoms with E-state index in [-0.39, 0.29) is 5.56 Å². The van der Waals surface area contributed by atoms with Crippen LogP contribution in [0.1, 0.15) is 10.4 Å². The van der Waals surface area contributed by atoms with Crippen molar-refractivity contribution in [1.82, 2.24) is 0 Å². The number of nitrogens with zero attached hydrogens (tertiary/aromatic N) is 1. The molecule has 2 heterocycles. The van der Waals surface area contributed by atoms with Crippen molar-refractivity contribution < 1.29 is 9.21 Å². The van der Waals surface area contributed by atoms with Gasteiger partial charge in [0, 0.05) is 19.6 Å². The average Bonchev–Trinajstić information content (AvgIpc) is 2.71. The summed E-state index contributed by atoms with van der Waals surface area (Å²) in [5, 5.41) is 0.655. The summed E-state index contributed by atoms with van der Waals surface area (Å²) in [6.45, 7) is 0. The predicted octanol–water partition coefficient (Wildman–Crippen LogP) is 6.76. The number of hydrogen-bond acceptors (Lipinski definition) is 4. The van der Waals surface area contributed by atoms with Gasteiger partial charge in [-0.25, -0.2) is 4.79 Å². The molecule has 29 heavy (non-hydrogen) atoms. The monoisotopic (exact) mass is 527 g/mol. The quantitative estimate of drug-likeness (QED) is 0.256. The summed E-state index contributed by atoms with van der Waals surface area (Å²) in [5.74, 6) is -0.419. The molecule has 4 nitrogen and oxygen atoms in total. The Bertz CT molecular complexity index is 1320. The maximum Gasteiger partial charge on any atom is 0.349 e. The third kappa shape index (κ3) is 3.13. The highest BCUT2D eigenvalue weighted by Crippen LogP contribution is 2.48. The van der Waals surface area contributed by atoms with E-state index in [0.29, 0.717) is 15.4 Å². The molecule has 142 valence electrons. The zero-order valence-electron chi connectivity index (χ0n) is 14.7. The molecule has 7 heteroatoms. The van der Waals surface area contributed by atoms with E-state index in [1.54, 1.807) is 28.8 Å². The lowest BCUT2D eigenvalue weighted by Gasteiger charge is -2.30. The van der Waals surface area contributed by atoms with Gasteiger partial charge in [-0.1, -0.05) is 52.0 Å². The summed E-state index contributed by atoms with van der Waals surface area (Å²) in [6, 6.07) is 20.5. The van der Waals surface area contributed by atoms with Crippen molar-refractivity contribution in [1.29, 1.82) is 0 Å². The van der Waals surface area contributed by atoms with Gasteiger partial charge in [-0.2, -0.15) is 0 Å². The van der Waals surface area contributed by atoms with Gasteiger partial charge in [-0.15, -0.1) is 0 Å². The van der Waals surface area contributed by atoms with E-state index in [1.165, 1.54) is 0 Å². The Balaban J connectivity index is 1.72. The Hall–Kier alpha value is -2.35. The first-order chi connectivity index (χ1) is 14.0. The molecule has 1 aliphatic rings. The molecule has 1 amide bonds. The standard InChI is InChI=1S/C22H11Br2NO3S/c23-13-9-12-10-14(22(27)28-20(12)15(24)11-13)21(26)25-16-5-1-3-7-18(16)29-19-8-4-2-6-17(19)25/h1-11H. The fourth-order valence-electron chi connectivity index (χ4n) is 3.35. The van der Waals surface area contributed by atoms with Crippen LogP contribution in [0.15, 0.2) is 94.7 Å². The summed E-state index contributed by atoms with van der Waals surface area (Å²) in [7, 11) is 0. The van der Waals surface area contributed by atoms with E-state index in [0.717, 1.165) is 25.6 Å².